The number of aromatic nitrogens is 1. The Morgan fingerprint density at radius 2 is 2.27 bits per heavy atom. The predicted molar refractivity (Wildman–Crippen MR) is 51.0 cm³/mol. The van der Waals surface area contributed by atoms with Gasteiger partial charge in [-0.15, -0.1) is 0 Å². The summed E-state index contributed by atoms with van der Waals surface area (Å²) in [5.41, 5.74) is -0.0232. The molecule has 0 saturated carbocycles. The number of hydrogen-bond acceptors (Lipinski definition) is 2. The Kier molecular flexibility index (Phi) is 2.53. The number of ether oxygens (including phenoxy) is 1. The summed E-state index contributed by atoms with van der Waals surface area (Å²) >= 11 is 1.97. The van der Waals surface area contributed by atoms with Crippen molar-refractivity contribution in [2.75, 3.05) is 7.11 Å². The maximum absolute atomic E-state index is 11.2. The minimum absolute atomic E-state index is 0.0232. The molecular weight excluding hydrogens is 257 g/mol. The molecule has 0 radical (unpaired) electrons. The monoisotopic (exact) mass is 265 g/mol. The molecule has 0 aliphatic rings. The van der Waals surface area contributed by atoms with E-state index in [1.165, 1.54) is 4.57 Å². The molecule has 1 rings (SSSR count). The van der Waals surface area contributed by atoms with Crippen molar-refractivity contribution < 1.29 is 4.74 Å². The zero-order valence-corrected chi connectivity index (χ0v) is 8.45. The predicted octanol–water partition coefficient (Wildman–Crippen LogP) is 0.998. The first-order valence-electron chi connectivity index (χ1n) is 3.06. The van der Waals surface area contributed by atoms with Gasteiger partial charge >= 0.3 is 0 Å². The highest BCUT2D eigenvalue weighted by Crippen LogP contribution is 2.14. The van der Waals surface area contributed by atoms with Crippen molar-refractivity contribution in [1.82, 2.24) is 4.57 Å². The molecule has 0 N–H and O–H groups in total. The van der Waals surface area contributed by atoms with Crippen LogP contribution >= 0.6 is 22.6 Å². The normalized spacial score (nSPS) is 9.73. The molecular formula is C7H8INO2. The zero-order chi connectivity index (χ0) is 8.43. The van der Waals surface area contributed by atoms with Crippen LogP contribution in [-0.4, -0.2) is 11.7 Å². The maximum Gasteiger partial charge on any atom is 0.267 e. The fourth-order valence-corrected chi connectivity index (χ4v) is 1.52. The number of nitrogens with zero attached hydrogens (tertiary/aromatic N) is 1. The van der Waals surface area contributed by atoms with Gasteiger partial charge in [-0.1, -0.05) is 0 Å². The summed E-state index contributed by atoms with van der Waals surface area (Å²) in [4.78, 5) is 11.2. The zero-order valence-electron chi connectivity index (χ0n) is 6.30. The maximum atomic E-state index is 11.2. The van der Waals surface area contributed by atoms with Crippen LogP contribution in [0.3, 0.4) is 0 Å². The van der Waals surface area contributed by atoms with Crippen molar-refractivity contribution in [3.63, 3.8) is 0 Å². The second-order valence-electron chi connectivity index (χ2n) is 2.11. The second-order valence-corrected chi connectivity index (χ2v) is 3.19. The quantitative estimate of drug-likeness (QED) is 0.709. The summed E-state index contributed by atoms with van der Waals surface area (Å²) in [6.07, 6.45) is 1.68. The standard InChI is InChI=1S/C7H8INO2/c1-9-4-3-5(11-2)6(8)7(9)10/h3-4H,1-2H3. The summed E-state index contributed by atoms with van der Waals surface area (Å²) < 4.78 is 7.10. The third-order valence-electron chi connectivity index (χ3n) is 1.39. The molecule has 4 heteroatoms. The van der Waals surface area contributed by atoms with E-state index in [2.05, 4.69) is 0 Å². The summed E-state index contributed by atoms with van der Waals surface area (Å²) in [6, 6.07) is 1.77. The number of halogens is 1. The Labute approximate surface area is 78.1 Å². The molecule has 0 aliphatic heterocycles. The molecule has 0 bridgehead atoms. The molecule has 0 unspecified atom stereocenters. The van der Waals surface area contributed by atoms with Crippen molar-refractivity contribution in [3.8, 4) is 5.75 Å². The summed E-state index contributed by atoms with van der Waals surface area (Å²) in [7, 11) is 3.26. The fraction of sp³-hybridized carbons (Fsp3) is 0.286. The smallest absolute Gasteiger partial charge is 0.267 e. The fourth-order valence-electron chi connectivity index (χ4n) is 0.738. The van der Waals surface area contributed by atoms with Crippen LogP contribution in [0.1, 0.15) is 0 Å². The van der Waals surface area contributed by atoms with Gasteiger partial charge in [-0.25, -0.2) is 0 Å². The van der Waals surface area contributed by atoms with Crippen LogP contribution in [0, 0.1) is 3.57 Å². The molecule has 0 atom stereocenters. The molecule has 0 spiro atoms. The SMILES string of the molecule is COc1ccn(C)c(=O)c1I. The van der Waals surface area contributed by atoms with E-state index in [0.29, 0.717) is 9.32 Å². The van der Waals surface area contributed by atoms with Gasteiger partial charge in [-0.05, 0) is 28.7 Å². The van der Waals surface area contributed by atoms with Crippen molar-refractivity contribution >= 4 is 22.6 Å². The van der Waals surface area contributed by atoms with Crippen LogP contribution in [0.5, 0.6) is 5.75 Å². The van der Waals surface area contributed by atoms with Crippen LogP contribution in [-0.2, 0) is 7.05 Å². The van der Waals surface area contributed by atoms with E-state index in [4.69, 9.17) is 4.74 Å². The van der Waals surface area contributed by atoms with E-state index in [0.717, 1.165) is 0 Å². The molecule has 0 fully saturated rings. The van der Waals surface area contributed by atoms with Gasteiger partial charge in [0.05, 0.1) is 7.11 Å². The summed E-state index contributed by atoms with van der Waals surface area (Å²) in [5.74, 6) is 0.633. The van der Waals surface area contributed by atoms with Crippen LogP contribution in [0.15, 0.2) is 17.1 Å². The Balaban J connectivity index is 3.37. The van der Waals surface area contributed by atoms with Gasteiger partial charge in [0.25, 0.3) is 5.56 Å². The molecule has 0 aromatic carbocycles. The lowest BCUT2D eigenvalue weighted by atomic mass is 10.4. The van der Waals surface area contributed by atoms with Gasteiger partial charge in [0.1, 0.15) is 9.32 Å². The van der Waals surface area contributed by atoms with Crippen molar-refractivity contribution in [1.29, 1.82) is 0 Å². The molecule has 1 heterocycles. The minimum atomic E-state index is -0.0232. The first kappa shape index (κ1) is 8.58. The lowest BCUT2D eigenvalue weighted by Crippen LogP contribution is -2.18. The van der Waals surface area contributed by atoms with E-state index in [1.54, 1.807) is 26.4 Å². The largest absolute Gasteiger partial charge is 0.495 e. The van der Waals surface area contributed by atoms with Gasteiger partial charge < -0.3 is 9.30 Å². The molecule has 3 nitrogen and oxygen atoms in total. The molecule has 11 heavy (non-hydrogen) atoms. The number of rotatable bonds is 1. The number of methoxy groups -OCH3 is 1. The highest BCUT2D eigenvalue weighted by atomic mass is 127. The van der Waals surface area contributed by atoms with Crippen LogP contribution in [0.4, 0.5) is 0 Å². The second kappa shape index (κ2) is 3.25. The first-order chi connectivity index (χ1) is 5.16. The van der Waals surface area contributed by atoms with Crippen LogP contribution in [0.2, 0.25) is 0 Å². The van der Waals surface area contributed by atoms with E-state index in [-0.39, 0.29) is 5.56 Å². The number of hydrogen-bond donors (Lipinski definition) is 0. The third-order valence-corrected chi connectivity index (χ3v) is 2.39. The van der Waals surface area contributed by atoms with Crippen molar-refractivity contribution in [3.05, 3.63) is 26.2 Å². The Hall–Kier alpha value is -0.520. The first-order valence-corrected chi connectivity index (χ1v) is 4.14. The third kappa shape index (κ3) is 1.55. The van der Waals surface area contributed by atoms with E-state index in [9.17, 15) is 4.79 Å². The Morgan fingerprint density at radius 1 is 1.64 bits per heavy atom. The molecule has 0 aliphatic carbocycles. The van der Waals surface area contributed by atoms with Gasteiger partial charge in [-0.2, -0.15) is 0 Å². The lowest BCUT2D eigenvalue weighted by Gasteiger charge is -2.03. The Bertz CT molecular complexity index is 319. The van der Waals surface area contributed by atoms with Gasteiger partial charge in [0.15, 0.2) is 0 Å². The lowest BCUT2D eigenvalue weighted by molar-refractivity contribution is 0.409. The summed E-state index contributed by atoms with van der Waals surface area (Å²) in [6.45, 7) is 0. The van der Waals surface area contributed by atoms with Crippen molar-refractivity contribution in [2.24, 2.45) is 7.05 Å². The Morgan fingerprint density at radius 3 is 2.82 bits per heavy atom. The summed E-state index contributed by atoms with van der Waals surface area (Å²) in [5, 5.41) is 0. The topological polar surface area (TPSA) is 31.2 Å². The van der Waals surface area contributed by atoms with Gasteiger partial charge in [-0.3, -0.25) is 4.79 Å². The van der Waals surface area contributed by atoms with E-state index in [1.807, 2.05) is 22.6 Å². The average Bonchev–Trinajstić information content (AvgIpc) is 2.01. The van der Waals surface area contributed by atoms with Gasteiger partial charge in [0.2, 0.25) is 0 Å². The number of aryl methyl sites for hydroxylation is 1. The van der Waals surface area contributed by atoms with E-state index >= 15 is 0 Å². The van der Waals surface area contributed by atoms with Crippen LogP contribution < -0.4 is 10.3 Å². The average molecular weight is 265 g/mol. The molecule has 1 aromatic heterocycles. The molecule has 60 valence electrons. The van der Waals surface area contributed by atoms with Crippen LogP contribution in [0.25, 0.3) is 0 Å². The minimum Gasteiger partial charge on any atom is -0.495 e. The number of pyridine rings is 1. The molecule has 0 saturated heterocycles. The van der Waals surface area contributed by atoms with E-state index < -0.39 is 0 Å². The molecule has 1 aromatic rings. The van der Waals surface area contributed by atoms with Gasteiger partial charge in [0, 0.05) is 13.2 Å². The van der Waals surface area contributed by atoms with Crippen molar-refractivity contribution in [2.45, 2.75) is 0 Å². The highest BCUT2D eigenvalue weighted by molar-refractivity contribution is 14.1. The molecule has 0 amide bonds. The highest BCUT2D eigenvalue weighted by Gasteiger charge is 2.03.